The minimum atomic E-state index is 0.103. The molecular formula is C20H20N4O2S. The molecule has 0 fully saturated rings. The fraction of sp³-hybridized carbons (Fsp3) is 0.250. The molecular weight excluding hydrogens is 360 g/mol. The molecule has 0 saturated heterocycles. The average molecular weight is 380 g/mol. The lowest BCUT2D eigenvalue weighted by Crippen LogP contribution is -2.01. The zero-order chi connectivity index (χ0) is 18.6. The number of aromatic nitrogens is 4. The first kappa shape index (κ1) is 17.5. The Hall–Kier alpha value is -2.93. The van der Waals surface area contributed by atoms with Crippen molar-refractivity contribution in [2.45, 2.75) is 25.7 Å². The van der Waals surface area contributed by atoms with Crippen molar-refractivity contribution in [1.82, 2.24) is 19.9 Å². The van der Waals surface area contributed by atoms with Gasteiger partial charge in [-0.15, -0.1) is 11.3 Å². The number of fused-ring (bicyclic) bond motifs is 1. The number of aryl methyl sites for hydroxylation is 1. The van der Waals surface area contributed by atoms with Crippen molar-refractivity contribution in [3.05, 3.63) is 53.4 Å². The number of imidazole rings is 2. The zero-order valence-electron chi connectivity index (χ0n) is 15.0. The van der Waals surface area contributed by atoms with Crippen molar-refractivity contribution < 1.29 is 9.53 Å². The van der Waals surface area contributed by atoms with Gasteiger partial charge in [0, 0.05) is 30.8 Å². The van der Waals surface area contributed by atoms with Crippen LogP contribution in [0.5, 0.6) is 5.75 Å². The fourth-order valence-electron chi connectivity index (χ4n) is 3.14. The van der Waals surface area contributed by atoms with Gasteiger partial charge in [0.05, 0.1) is 12.0 Å². The Kier molecular flexibility index (Phi) is 5.02. The number of hydrogen-bond acceptors (Lipinski definition) is 5. The summed E-state index contributed by atoms with van der Waals surface area (Å²) in [6.07, 6.45) is 6.63. The SMILES string of the molecule is COc1ccc(C(=O)CCCCc2ncc[nH]2)c2nc(-c3cccs3)[nH]c12. The summed E-state index contributed by atoms with van der Waals surface area (Å²) in [7, 11) is 1.62. The molecule has 7 heteroatoms. The van der Waals surface area contributed by atoms with Gasteiger partial charge >= 0.3 is 0 Å². The molecule has 0 aliphatic rings. The van der Waals surface area contributed by atoms with Gasteiger partial charge in [-0.1, -0.05) is 6.07 Å². The average Bonchev–Trinajstić information content (AvgIpc) is 3.44. The Morgan fingerprint density at radius 2 is 2.19 bits per heavy atom. The third-order valence-corrected chi connectivity index (χ3v) is 5.38. The van der Waals surface area contributed by atoms with Crippen molar-refractivity contribution in [3.8, 4) is 16.5 Å². The number of benzene rings is 1. The van der Waals surface area contributed by atoms with Gasteiger partial charge in [0.25, 0.3) is 0 Å². The number of nitrogens with zero attached hydrogens (tertiary/aromatic N) is 2. The van der Waals surface area contributed by atoms with E-state index in [0.717, 1.165) is 41.3 Å². The number of rotatable bonds is 8. The summed E-state index contributed by atoms with van der Waals surface area (Å²) in [5, 5.41) is 2.00. The zero-order valence-corrected chi connectivity index (χ0v) is 15.8. The quantitative estimate of drug-likeness (QED) is 0.345. The predicted octanol–water partition coefficient (Wildman–Crippen LogP) is 4.62. The van der Waals surface area contributed by atoms with E-state index in [0.29, 0.717) is 23.3 Å². The summed E-state index contributed by atoms with van der Waals surface area (Å²) in [4.78, 5) is 29.1. The molecule has 3 aromatic heterocycles. The molecule has 0 radical (unpaired) electrons. The van der Waals surface area contributed by atoms with Crippen molar-refractivity contribution in [1.29, 1.82) is 0 Å². The van der Waals surface area contributed by atoms with Gasteiger partial charge in [-0.2, -0.15) is 0 Å². The molecule has 0 unspecified atom stereocenters. The molecule has 0 spiro atoms. The van der Waals surface area contributed by atoms with E-state index < -0.39 is 0 Å². The van der Waals surface area contributed by atoms with E-state index in [1.54, 1.807) is 24.6 Å². The van der Waals surface area contributed by atoms with Crippen molar-refractivity contribution in [3.63, 3.8) is 0 Å². The third kappa shape index (κ3) is 3.64. The van der Waals surface area contributed by atoms with Gasteiger partial charge in [0.15, 0.2) is 5.78 Å². The number of thiophene rings is 1. The molecule has 27 heavy (non-hydrogen) atoms. The number of carbonyl (C=O) groups excluding carboxylic acids is 1. The van der Waals surface area contributed by atoms with Crippen molar-refractivity contribution >= 4 is 28.2 Å². The first-order chi connectivity index (χ1) is 13.3. The van der Waals surface area contributed by atoms with Crippen molar-refractivity contribution in [2.24, 2.45) is 0 Å². The van der Waals surface area contributed by atoms with Crippen LogP contribution in [0.25, 0.3) is 21.7 Å². The molecule has 1 aromatic carbocycles. The number of methoxy groups -OCH3 is 1. The number of unbranched alkanes of at least 4 members (excludes halogenated alkanes) is 1. The molecule has 0 amide bonds. The number of aromatic amines is 2. The van der Waals surface area contributed by atoms with E-state index in [9.17, 15) is 4.79 Å². The maximum atomic E-state index is 12.8. The molecule has 6 nitrogen and oxygen atoms in total. The number of ketones is 1. The highest BCUT2D eigenvalue weighted by Crippen LogP contribution is 2.32. The number of carbonyl (C=O) groups is 1. The smallest absolute Gasteiger partial charge is 0.165 e. The molecule has 3 heterocycles. The molecule has 138 valence electrons. The summed E-state index contributed by atoms with van der Waals surface area (Å²) in [5.41, 5.74) is 2.08. The highest BCUT2D eigenvalue weighted by atomic mass is 32.1. The summed E-state index contributed by atoms with van der Waals surface area (Å²) in [5.74, 6) is 2.51. The van der Waals surface area contributed by atoms with Crippen LogP contribution in [0.2, 0.25) is 0 Å². The Morgan fingerprint density at radius 3 is 2.93 bits per heavy atom. The molecule has 0 aliphatic heterocycles. The van der Waals surface area contributed by atoms with Crippen LogP contribution in [0.1, 0.15) is 35.4 Å². The van der Waals surface area contributed by atoms with Gasteiger partial charge in [0.1, 0.15) is 28.4 Å². The van der Waals surface area contributed by atoms with Gasteiger partial charge in [0.2, 0.25) is 0 Å². The van der Waals surface area contributed by atoms with Crippen LogP contribution < -0.4 is 4.74 Å². The first-order valence-corrected chi connectivity index (χ1v) is 9.76. The second-order valence-electron chi connectivity index (χ2n) is 6.27. The molecule has 0 aliphatic carbocycles. The topological polar surface area (TPSA) is 83.7 Å². The normalized spacial score (nSPS) is 11.1. The van der Waals surface area contributed by atoms with E-state index in [1.807, 2.05) is 35.8 Å². The molecule has 4 aromatic rings. The number of Topliss-reactive ketones (excluding diaryl/α,β-unsaturated/α-hetero) is 1. The second-order valence-corrected chi connectivity index (χ2v) is 7.22. The van der Waals surface area contributed by atoms with Crippen LogP contribution in [-0.4, -0.2) is 32.8 Å². The summed E-state index contributed by atoms with van der Waals surface area (Å²) in [6, 6.07) is 7.63. The van der Waals surface area contributed by atoms with E-state index in [1.165, 1.54) is 0 Å². The fourth-order valence-corrected chi connectivity index (χ4v) is 3.81. The van der Waals surface area contributed by atoms with E-state index in [2.05, 4.69) is 15.0 Å². The lowest BCUT2D eigenvalue weighted by atomic mass is 10.0. The van der Waals surface area contributed by atoms with E-state index >= 15 is 0 Å². The Bertz CT molecular complexity index is 1040. The highest BCUT2D eigenvalue weighted by Gasteiger charge is 2.18. The molecule has 2 N–H and O–H groups in total. The van der Waals surface area contributed by atoms with Gasteiger partial charge in [-0.25, -0.2) is 9.97 Å². The lowest BCUT2D eigenvalue weighted by Gasteiger charge is -2.05. The standard InChI is InChI=1S/C20H20N4O2S/c1-26-15-9-8-13(14(25)5-2-3-7-17-21-10-11-22-17)18-19(15)24-20(23-18)16-6-4-12-27-16/h4,6,8-12H,2-3,5,7H2,1H3,(H,21,22)(H,23,24). The van der Waals surface area contributed by atoms with Crippen molar-refractivity contribution in [2.75, 3.05) is 7.11 Å². The van der Waals surface area contributed by atoms with Crippen LogP contribution in [0, 0.1) is 0 Å². The summed E-state index contributed by atoms with van der Waals surface area (Å²) in [6.45, 7) is 0. The minimum absolute atomic E-state index is 0.103. The Morgan fingerprint density at radius 1 is 1.26 bits per heavy atom. The van der Waals surface area contributed by atoms with Gasteiger partial charge in [-0.3, -0.25) is 4.79 Å². The maximum absolute atomic E-state index is 12.8. The van der Waals surface area contributed by atoms with Gasteiger partial charge in [-0.05, 0) is 36.4 Å². The summed E-state index contributed by atoms with van der Waals surface area (Å²) >= 11 is 1.61. The maximum Gasteiger partial charge on any atom is 0.165 e. The van der Waals surface area contributed by atoms with Gasteiger partial charge < -0.3 is 14.7 Å². The minimum Gasteiger partial charge on any atom is -0.494 e. The second kappa shape index (κ2) is 7.75. The third-order valence-electron chi connectivity index (χ3n) is 4.50. The Labute approximate surface area is 160 Å². The van der Waals surface area contributed by atoms with Crippen LogP contribution in [0.15, 0.2) is 42.0 Å². The number of hydrogen-bond donors (Lipinski definition) is 2. The Balaban J connectivity index is 1.54. The first-order valence-electron chi connectivity index (χ1n) is 8.88. The predicted molar refractivity (Wildman–Crippen MR) is 106 cm³/mol. The number of H-pyrrole nitrogens is 2. The molecule has 0 bridgehead atoms. The van der Waals surface area contributed by atoms with Crippen LogP contribution in [-0.2, 0) is 6.42 Å². The van der Waals surface area contributed by atoms with E-state index in [4.69, 9.17) is 9.72 Å². The number of ether oxygens (including phenoxy) is 1. The van der Waals surface area contributed by atoms with Crippen LogP contribution >= 0.6 is 11.3 Å². The largest absolute Gasteiger partial charge is 0.494 e. The van der Waals surface area contributed by atoms with E-state index in [-0.39, 0.29) is 5.78 Å². The van der Waals surface area contributed by atoms with Crippen LogP contribution in [0.4, 0.5) is 0 Å². The lowest BCUT2D eigenvalue weighted by molar-refractivity contribution is 0.0980. The molecule has 0 saturated carbocycles. The highest BCUT2D eigenvalue weighted by molar-refractivity contribution is 7.13. The molecule has 0 atom stereocenters. The summed E-state index contributed by atoms with van der Waals surface area (Å²) < 4.78 is 5.44. The van der Waals surface area contributed by atoms with Crippen LogP contribution in [0.3, 0.4) is 0 Å². The molecule has 4 rings (SSSR count). The monoisotopic (exact) mass is 380 g/mol. The number of nitrogens with one attached hydrogen (secondary N) is 2.